The van der Waals surface area contributed by atoms with Crippen LogP contribution in [-0.4, -0.2) is 91.7 Å². The number of aliphatic carboxylic acids is 2. The van der Waals surface area contributed by atoms with Crippen LogP contribution in [0.25, 0.3) is 0 Å². The predicted molar refractivity (Wildman–Crippen MR) is 198 cm³/mol. The summed E-state index contributed by atoms with van der Waals surface area (Å²) in [7, 11) is 0. The Bertz CT molecular complexity index is 1170. The molecule has 0 aromatic carbocycles. The van der Waals surface area contributed by atoms with Crippen LogP contribution in [0.4, 0.5) is 0 Å². The van der Waals surface area contributed by atoms with Gasteiger partial charge in [0.15, 0.2) is 0 Å². The highest BCUT2D eigenvalue weighted by Crippen LogP contribution is 2.36. The lowest BCUT2D eigenvalue weighted by molar-refractivity contribution is -0.337. The molecule has 6 atom stereocenters. The van der Waals surface area contributed by atoms with Crippen molar-refractivity contribution in [1.82, 2.24) is 0 Å². The van der Waals surface area contributed by atoms with Gasteiger partial charge in [0.25, 0.3) is 0 Å². The van der Waals surface area contributed by atoms with Gasteiger partial charge in [0.1, 0.15) is 18.3 Å². The predicted octanol–water partition coefficient (Wildman–Crippen LogP) is 7.10. The first kappa shape index (κ1) is 42.7. The van der Waals surface area contributed by atoms with E-state index >= 15 is 0 Å². The molecule has 0 aromatic rings. The van der Waals surface area contributed by atoms with Gasteiger partial charge in [-0.15, -0.1) is 0 Å². The number of carbonyl (C=O) groups is 3. The quantitative estimate of drug-likeness (QED) is 0.0427. The summed E-state index contributed by atoms with van der Waals surface area (Å²) in [5.41, 5.74) is 0. The third kappa shape index (κ3) is 13.9. The molecule has 5 aliphatic rings. The first-order valence-corrected chi connectivity index (χ1v) is 21.2. The van der Waals surface area contributed by atoms with Gasteiger partial charge in [0.2, 0.25) is 0 Å². The Kier molecular flexibility index (Phi) is 18.2. The van der Waals surface area contributed by atoms with E-state index < -0.39 is 35.7 Å². The smallest absolute Gasteiger partial charge is 0.310 e. The molecule has 54 heavy (non-hydrogen) atoms. The maximum Gasteiger partial charge on any atom is 0.310 e. The normalized spacial score (nSPS) is 33.7. The molecule has 6 unspecified atom stereocenters. The maximum atomic E-state index is 12.9. The zero-order valence-electron chi connectivity index (χ0n) is 32.3. The van der Waals surface area contributed by atoms with Crippen molar-refractivity contribution in [2.45, 2.75) is 165 Å². The zero-order valence-corrected chi connectivity index (χ0v) is 32.3. The van der Waals surface area contributed by atoms with E-state index in [1.807, 2.05) is 0 Å². The molecule has 0 aliphatic heterocycles. The Morgan fingerprint density at radius 1 is 0.574 bits per heavy atom. The van der Waals surface area contributed by atoms with Crippen molar-refractivity contribution in [3.63, 3.8) is 0 Å². The van der Waals surface area contributed by atoms with Crippen molar-refractivity contribution in [2.24, 2.45) is 35.5 Å². The average Bonchev–Trinajstić information content (AvgIpc) is 3.18. The van der Waals surface area contributed by atoms with Crippen LogP contribution >= 0.6 is 0 Å². The lowest BCUT2D eigenvalue weighted by Crippen LogP contribution is -2.40. The van der Waals surface area contributed by atoms with Gasteiger partial charge < -0.3 is 33.9 Å². The first-order valence-electron chi connectivity index (χ1n) is 21.2. The third-order valence-electron chi connectivity index (χ3n) is 13.0. The number of carbonyl (C=O) groups excluding carboxylic acids is 1. The monoisotopic (exact) mass is 762 g/mol. The topological polar surface area (TPSA) is 156 Å². The SMILES string of the molecule is C#COC1CCC(C(=O)OC2CCC(CCOCCC3CCC(OOCC4CCC(OCCOC5CCCCC5)CC4C(=O)O)CC3)CC2)C(C(=O)O)C1. The van der Waals surface area contributed by atoms with Gasteiger partial charge in [-0.05, 0) is 133 Å². The second-order valence-corrected chi connectivity index (χ2v) is 16.7. The second-order valence-electron chi connectivity index (χ2n) is 16.7. The summed E-state index contributed by atoms with van der Waals surface area (Å²) in [4.78, 5) is 48.2. The van der Waals surface area contributed by atoms with Crippen molar-refractivity contribution >= 4 is 17.9 Å². The van der Waals surface area contributed by atoms with Crippen molar-refractivity contribution in [1.29, 1.82) is 0 Å². The summed E-state index contributed by atoms with van der Waals surface area (Å²) in [6, 6.07) is 0. The Morgan fingerprint density at radius 2 is 1.15 bits per heavy atom. The molecule has 5 fully saturated rings. The zero-order chi connectivity index (χ0) is 38.1. The molecule has 5 rings (SSSR count). The molecule has 0 aromatic heterocycles. The van der Waals surface area contributed by atoms with Gasteiger partial charge in [0.05, 0.1) is 55.9 Å². The Balaban J connectivity index is 0.857. The number of terminal acetylenes is 1. The van der Waals surface area contributed by atoms with Crippen LogP contribution < -0.4 is 0 Å². The molecule has 0 amide bonds. The number of rotatable bonds is 20. The fraction of sp³-hybridized carbons (Fsp3) is 0.881. The lowest BCUT2D eigenvalue weighted by atomic mass is 9.77. The standard InChI is InChI=1S/C42H66O12/c1-2-49-35-18-19-37(39(27-35)41(45)46)42(47)53-33-13-8-29(9-14-33)20-22-48-23-21-30-10-15-34(16-11-30)54-52-28-31-12-17-36(26-38(31)40(43)44)51-25-24-50-32-6-4-3-5-7-32/h1,29-39H,3-28H2,(H,43,44)(H,45,46). The highest BCUT2D eigenvalue weighted by molar-refractivity contribution is 5.81. The number of hydrogen-bond acceptors (Lipinski definition) is 10. The van der Waals surface area contributed by atoms with Crippen molar-refractivity contribution in [3.8, 4) is 12.5 Å². The summed E-state index contributed by atoms with van der Waals surface area (Å²) < 4.78 is 29.0. The first-order chi connectivity index (χ1) is 26.3. The fourth-order valence-electron chi connectivity index (χ4n) is 9.53. The van der Waals surface area contributed by atoms with Crippen LogP contribution in [0, 0.1) is 48.0 Å². The maximum absolute atomic E-state index is 12.9. The summed E-state index contributed by atoms with van der Waals surface area (Å²) in [5.74, 6) is -3.10. The van der Waals surface area contributed by atoms with Gasteiger partial charge in [-0.1, -0.05) is 25.7 Å². The van der Waals surface area contributed by atoms with Crippen molar-refractivity contribution in [3.05, 3.63) is 0 Å². The van der Waals surface area contributed by atoms with Crippen LogP contribution in [0.15, 0.2) is 0 Å². The number of carboxylic acids is 2. The van der Waals surface area contributed by atoms with Gasteiger partial charge in [-0.2, -0.15) is 0 Å². The van der Waals surface area contributed by atoms with Crippen LogP contribution in [0.3, 0.4) is 0 Å². The number of carboxylic acid groups (broad SMARTS) is 2. The lowest BCUT2D eigenvalue weighted by Gasteiger charge is -2.34. The van der Waals surface area contributed by atoms with E-state index in [-0.39, 0.29) is 36.8 Å². The highest BCUT2D eigenvalue weighted by Gasteiger charge is 2.42. The Morgan fingerprint density at radius 3 is 1.78 bits per heavy atom. The molecule has 0 radical (unpaired) electrons. The van der Waals surface area contributed by atoms with E-state index in [1.54, 1.807) is 0 Å². The van der Waals surface area contributed by atoms with E-state index in [0.29, 0.717) is 57.0 Å². The molecule has 12 heteroatoms. The fourth-order valence-corrected chi connectivity index (χ4v) is 9.53. The van der Waals surface area contributed by atoms with Crippen LogP contribution in [0.2, 0.25) is 0 Å². The van der Waals surface area contributed by atoms with E-state index in [4.69, 9.17) is 39.9 Å². The molecular formula is C42H66O12. The Labute approximate surface area is 321 Å². The molecule has 0 spiro atoms. The van der Waals surface area contributed by atoms with Crippen LogP contribution in [0.5, 0.6) is 0 Å². The van der Waals surface area contributed by atoms with Gasteiger partial charge in [0, 0.05) is 13.2 Å². The third-order valence-corrected chi connectivity index (χ3v) is 13.0. The summed E-state index contributed by atoms with van der Waals surface area (Å²) >= 11 is 0. The minimum Gasteiger partial charge on any atom is -0.481 e. The molecule has 0 bridgehead atoms. The van der Waals surface area contributed by atoms with Gasteiger partial charge >= 0.3 is 17.9 Å². The molecule has 0 heterocycles. The molecule has 2 N–H and O–H groups in total. The highest BCUT2D eigenvalue weighted by atomic mass is 17.2. The van der Waals surface area contributed by atoms with E-state index in [9.17, 15) is 24.6 Å². The Hall–Kier alpha value is -2.43. The van der Waals surface area contributed by atoms with Gasteiger partial charge in [-0.25, -0.2) is 9.78 Å². The van der Waals surface area contributed by atoms with Crippen LogP contribution in [0.1, 0.15) is 135 Å². The van der Waals surface area contributed by atoms with E-state index in [2.05, 4.69) is 6.11 Å². The van der Waals surface area contributed by atoms with E-state index in [0.717, 1.165) is 103 Å². The minimum atomic E-state index is -1.01. The number of hydrogen-bond donors (Lipinski definition) is 2. The molecule has 5 aliphatic carbocycles. The van der Waals surface area contributed by atoms with E-state index in [1.165, 1.54) is 19.3 Å². The average molecular weight is 763 g/mol. The summed E-state index contributed by atoms with van der Waals surface area (Å²) in [6.07, 6.45) is 26.1. The summed E-state index contributed by atoms with van der Waals surface area (Å²) in [6.45, 7) is 2.87. The molecule has 5 saturated carbocycles. The minimum absolute atomic E-state index is 0.0470. The van der Waals surface area contributed by atoms with Crippen molar-refractivity contribution < 1.29 is 58.1 Å². The number of ether oxygens (including phenoxy) is 5. The number of esters is 1. The molecule has 306 valence electrons. The van der Waals surface area contributed by atoms with Gasteiger partial charge in [-0.3, -0.25) is 14.4 Å². The van der Waals surface area contributed by atoms with Crippen LogP contribution in [-0.2, 0) is 47.8 Å². The van der Waals surface area contributed by atoms with Crippen molar-refractivity contribution in [2.75, 3.05) is 33.0 Å². The molecule has 12 nitrogen and oxygen atoms in total. The molecule has 0 saturated heterocycles. The summed E-state index contributed by atoms with van der Waals surface area (Å²) in [5, 5.41) is 19.6. The molecular weight excluding hydrogens is 696 g/mol. The second kappa shape index (κ2) is 23.0. The largest absolute Gasteiger partial charge is 0.481 e.